The highest BCUT2D eigenvalue weighted by molar-refractivity contribution is 6.05. The van der Waals surface area contributed by atoms with Crippen molar-refractivity contribution in [3.63, 3.8) is 0 Å². The first-order chi connectivity index (χ1) is 13.4. The number of aromatic nitrogens is 4. The zero-order valence-corrected chi connectivity index (χ0v) is 16.0. The Morgan fingerprint density at radius 3 is 2.43 bits per heavy atom. The Bertz CT molecular complexity index is 1230. The summed E-state index contributed by atoms with van der Waals surface area (Å²) in [6, 6.07) is 13.0. The molecule has 0 aliphatic carbocycles. The van der Waals surface area contributed by atoms with Crippen LogP contribution >= 0.6 is 0 Å². The van der Waals surface area contributed by atoms with Crippen LogP contribution in [0.5, 0.6) is 0 Å². The minimum Gasteiger partial charge on any atom is -0.331 e. The molecule has 4 aromatic rings. The molecule has 0 fully saturated rings. The first-order valence-electron chi connectivity index (χ1n) is 8.97. The fraction of sp³-hybridized carbons (Fsp3) is 0.190. The number of anilines is 1. The predicted octanol–water partition coefficient (Wildman–Crippen LogP) is 2.68. The van der Waals surface area contributed by atoms with E-state index in [0.717, 1.165) is 22.4 Å². The summed E-state index contributed by atoms with van der Waals surface area (Å²) in [5.74, 6) is 0.762. The van der Waals surface area contributed by atoms with Crippen molar-refractivity contribution in [3.05, 3.63) is 82.3 Å². The molecule has 0 unspecified atom stereocenters. The van der Waals surface area contributed by atoms with Gasteiger partial charge in [0.05, 0.1) is 11.0 Å². The summed E-state index contributed by atoms with van der Waals surface area (Å²) >= 11 is 0. The molecule has 1 amide bonds. The van der Waals surface area contributed by atoms with Crippen LogP contribution in [-0.2, 0) is 20.6 Å². The van der Waals surface area contributed by atoms with Crippen molar-refractivity contribution in [1.82, 2.24) is 18.7 Å². The molecule has 0 radical (unpaired) electrons. The number of carbonyl (C=O) groups excluding carboxylic acids is 1. The van der Waals surface area contributed by atoms with Crippen molar-refractivity contribution in [2.24, 2.45) is 14.1 Å². The van der Waals surface area contributed by atoms with E-state index in [0.29, 0.717) is 17.8 Å². The number of imidazole rings is 2. The van der Waals surface area contributed by atoms with Crippen molar-refractivity contribution in [2.45, 2.75) is 13.5 Å². The second-order valence-corrected chi connectivity index (χ2v) is 6.86. The third-order valence-corrected chi connectivity index (χ3v) is 5.02. The largest absolute Gasteiger partial charge is 0.331 e. The van der Waals surface area contributed by atoms with Crippen LogP contribution < -0.4 is 11.0 Å². The van der Waals surface area contributed by atoms with Crippen LogP contribution in [-0.4, -0.2) is 24.6 Å². The van der Waals surface area contributed by atoms with E-state index >= 15 is 0 Å². The van der Waals surface area contributed by atoms with Crippen molar-refractivity contribution in [2.75, 3.05) is 5.32 Å². The van der Waals surface area contributed by atoms with Gasteiger partial charge in [-0.15, -0.1) is 0 Å². The number of aryl methyl sites for hydroxylation is 3. The molecule has 0 bridgehead atoms. The quantitative estimate of drug-likeness (QED) is 0.596. The van der Waals surface area contributed by atoms with Crippen LogP contribution in [0.2, 0.25) is 0 Å². The average molecular weight is 375 g/mol. The van der Waals surface area contributed by atoms with Gasteiger partial charge in [0.25, 0.3) is 5.91 Å². The van der Waals surface area contributed by atoms with Crippen molar-refractivity contribution in [3.8, 4) is 0 Å². The van der Waals surface area contributed by atoms with Gasteiger partial charge < -0.3 is 9.88 Å². The molecule has 0 atom stereocenters. The third kappa shape index (κ3) is 3.11. The first kappa shape index (κ1) is 17.8. The Morgan fingerprint density at radius 2 is 1.75 bits per heavy atom. The Labute approximate surface area is 161 Å². The van der Waals surface area contributed by atoms with E-state index in [9.17, 15) is 9.59 Å². The lowest BCUT2D eigenvalue weighted by Gasteiger charge is -2.08. The maximum absolute atomic E-state index is 12.6. The van der Waals surface area contributed by atoms with E-state index in [1.54, 1.807) is 35.5 Å². The lowest BCUT2D eigenvalue weighted by atomic mass is 10.1. The van der Waals surface area contributed by atoms with E-state index in [4.69, 9.17) is 0 Å². The van der Waals surface area contributed by atoms with Gasteiger partial charge in [-0.1, -0.05) is 12.1 Å². The molecule has 1 N–H and O–H groups in total. The van der Waals surface area contributed by atoms with Crippen LogP contribution in [0.15, 0.2) is 59.7 Å². The molecule has 2 heterocycles. The number of fused-ring (bicyclic) bond motifs is 1. The molecule has 7 nitrogen and oxygen atoms in total. The van der Waals surface area contributed by atoms with Gasteiger partial charge in [-0.25, -0.2) is 9.78 Å². The summed E-state index contributed by atoms with van der Waals surface area (Å²) in [7, 11) is 3.45. The average Bonchev–Trinajstić information content (AvgIpc) is 3.19. The number of hydrogen-bond donors (Lipinski definition) is 1. The fourth-order valence-electron chi connectivity index (χ4n) is 3.32. The number of benzene rings is 2. The lowest BCUT2D eigenvalue weighted by molar-refractivity contribution is 0.102. The third-order valence-electron chi connectivity index (χ3n) is 5.02. The molecule has 0 saturated carbocycles. The van der Waals surface area contributed by atoms with Gasteiger partial charge in [0.15, 0.2) is 0 Å². The molecule has 0 spiro atoms. The van der Waals surface area contributed by atoms with Crippen LogP contribution in [0.25, 0.3) is 11.0 Å². The molecule has 0 aliphatic heterocycles. The van der Waals surface area contributed by atoms with Gasteiger partial charge in [0.2, 0.25) is 0 Å². The molecule has 4 rings (SSSR count). The normalized spacial score (nSPS) is 11.1. The van der Waals surface area contributed by atoms with E-state index in [1.807, 2.05) is 49.5 Å². The number of rotatable bonds is 4. The van der Waals surface area contributed by atoms with E-state index in [2.05, 4.69) is 14.9 Å². The number of nitrogens with zero attached hydrogens (tertiary/aromatic N) is 4. The van der Waals surface area contributed by atoms with Crippen molar-refractivity contribution in [1.29, 1.82) is 0 Å². The summed E-state index contributed by atoms with van der Waals surface area (Å²) in [6.07, 6.45) is 3.71. The summed E-state index contributed by atoms with van der Waals surface area (Å²) in [5.41, 5.74) is 3.83. The van der Waals surface area contributed by atoms with Crippen molar-refractivity contribution < 1.29 is 4.79 Å². The highest BCUT2D eigenvalue weighted by atomic mass is 16.2. The Morgan fingerprint density at radius 1 is 1.04 bits per heavy atom. The number of amides is 1. The molecule has 7 heteroatoms. The SMILES string of the molecule is Cc1nccn1Cc1ccc(C(=O)Nc2ccc3c(c2)n(C)c(=O)n3C)cc1. The Balaban J connectivity index is 1.52. The smallest absolute Gasteiger partial charge is 0.328 e. The summed E-state index contributed by atoms with van der Waals surface area (Å²) in [6.45, 7) is 2.67. The molecule has 0 saturated heterocycles. The first-order valence-corrected chi connectivity index (χ1v) is 8.97. The van der Waals surface area contributed by atoms with Gasteiger partial charge in [-0.2, -0.15) is 0 Å². The second-order valence-electron chi connectivity index (χ2n) is 6.86. The van der Waals surface area contributed by atoms with Crippen LogP contribution in [0.4, 0.5) is 5.69 Å². The van der Waals surface area contributed by atoms with Gasteiger partial charge in [0, 0.05) is 44.3 Å². The standard InChI is InChI=1S/C21H21N5O2/c1-14-22-10-11-26(14)13-15-4-6-16(7-5-15)20(27)23-17-8-9-18-19(12-17)25(3)21(28)24(18)2/h4-12H,13H2,1-3H3,(H,23,27). The maximum Gasteiger partial charge on any atom is 0.328 e. The maximum atomic E-state index is 12.6. The second kappa shape index (κ2) is 6.84. The van der Waals surface area contributed by atoms with Gasteiger partial charge in [0.1, 0.15) is 5.82 Å². The summed E-state index contributed by atoms with van der Waals surface area (Å²) < 4.78 is 5.20. The highest BCUT2D eigenvalue weighted by Gasteiger charge is 2.11. The molecule has 142 valence electrons. The molecular formula is C21H21N5O2. The fourth-order valence-corrected chi connectivity index (χ4v) is 3.32. The summed E-state index contributed by atoms with van der Waals surface area (Å²) in [5, 5.41) is 2.90. The summed E-state index contributed by atoms with van der Waals surface area (Å²) in [4.78, 5) is 28.8. The number of carbonyl (C=O) groups is 1. The Hall–Kier alpha value is -3.61. The minimum atomic E-state index is -0.189. The van der Waals surface area contributed by atoms with Gasteiger partial charge >= 0.3 is 5.69 Å². The Kier molecular flexibility index (Phi) is 4.35. The molecule has 2 aromatic heterocycles. The van der Waals surface area contributed by atoms with Crippen LogP contribution in [0.1, 0.15) is 21.7 Å². The minimum absolute atomic E-state index is 0.0952. The molecule has 2 aromatic carbocycles. The van der Waals surface area contributed by atoms with E-state index in [1.165, 1.54) is 0 Å². The van der Waals surface area contributed by atoms with Crippen LogP contribution in [0, 0.1) is 6.92 Å². The number of hydrogen-bond acceptors (Lipinski definition) is 3. The molecular weight excluding hydrogens is 354 g/mol. The molecule has 28 heavy (non-hydrogen) atoms. The zero-order chi connectivity index (χ0) is 19.8. The topological polar surface area (TPSA) is 73.8 Å². The highest BCUT2D eigenvalue weighted by Crippen LogP contribution is 2.18. The monoisotopic (exact) mass is 375 g/mol. The van der Waals surface area contributed by atoms with E-state index < -0.39 is 0 Å². The van der Waals surface area contributed by atoms with E-state index in [-0.39, 0.29) is 11.6 Å². The lowest BCUT2D eigenvalue weighted by Crippen LogP contribution is -2.19. The molecule has 0 aliphatic rings. The zero-order valence-electron chi connectivity index (χ0n) is 16.0. The van der Waals surface area contributed by atoms with Crippen molar-refractivity contribution >= 4 is 22.6 Å². The predicted molar refractivity (Wildman–Crippen MR) is 109 cm³/mol. The van der Waals surface area contributed by atoms with Gasteiger partial charge in [-0.05, 0) is 42.8 Å². The van der Waals surface area contributed by atoms with Gasteiger partial charge in [-0.3, -0.25) is 13.9 Å². The number of nitrogens with one attached hydrogen (secondary N) is 1. The van der Waals surface area contributed by atoms with Crippen LogP contribution in [0.3, 0.4) is 0 Å².